The van der Waals surface area contributed by atoms with Crippen LogP contribution in [0.2, 0.25) is 0 Å². The van der Waals surface area contributed by atoms with Gasteiger partial charge >= 0.3 is 0 Å². The number of benzene rings is 3. The molecule has 2 fully saturated rings. The van der Waals surface area contributed by atoms with Gasteiger partial charge in [0.1, 0.15) is 5.92 Å². The summed E-state index contributed by atoms with van der Waals surface area (Å²) in [6.07, 6.45) is -1.11. The van der Waals surface area contributed by atoms with E-state index in [1.807, 2.05) is 36.4 Å². The number of anilines is 3. The second-order valence-corrected chi connectivity index (χ2v) is 7.75. The first-order chi connectivity index (χ1) is 15.1. The van der Waals surface area contributed by atoms with E-state index < -0.39 is 29.4 Å². The second-order valence-electron chi connectivity index (χ2n) is 7.75. The highest BCUT2D eigenvalue weighted by Crippen LogP contribution is 2.56. The smallest absolute Gasteiger partial charge is 0.266 e. The quantitative estimate of drug-likeness (QED) is 0.656. The first-order valence-electron chi connectivity index (χ1n) is 10.00. The molecule has 0 saturated carbocycles. The van der Waals surface area contributed by atoms with Crippen LogP contribution < -0.4 is 15.3 Å². The molecule has 0 aromatic heterocycles. The summed E-state index contributed by atoms with van der Waals surface area (Å²) in [5.74, 6) is -2.34. The molecule has 0 aliphatic carbocycles. The van der Waals surface area contributed by atoms with Gasteiger partial charge in [-0.15, -0.1) is 0 Å². The summed E-state index contributed by atoms with van der Waals surface area (Å²) in [6, 6.07) is 25.0. The van der Waals surface area contributed by atoms with Crippen LogP contribution in [0.5, 0.6) is 0 Å². The van der Waals surface area contributed by atoms with Crippen LogP contribution in [0.25, 0.3) is 0 Å². The maximum Gasteiger partial charge on any atom is 0.266 e. The number of imide groups is 1. The number of carbonyl (C=O) groups is 3. The van der Waals surface area contributed by atoms with Gasteiger partial charge in [-0.1, -0.05) is 54.6 Å². The average Bonchev–Trinajstić information content (AvgIpc) is 3.39. The van der Waals surface area contributed by atoms with Gasteiger partial charge in [0.15, 0.2) is 11.6 Å². The Bertz CT molecular complexity index is 1230. The van der Waals surface area contributed by atoms with Crippen molar-refractivity contribution in [2.24, 2.45) is 5.92 Å². The monoisotopic (exact) mass is 411 g/mol. The highest BCUT2D eigenvalue weighted by molar-refractivity contribution is 6.27. The van der Waals surface area contributed by atoms with Crippen molar-refractivity contribution >= 4 is 34.8 Å². The predicted octanol–water partition coefficient (Wildman–Crippen LogP) is 2.84. The van der Waals surface area contributed by atoms with Crippen LogP contribution in [0.3, 0.4) is 0 Å². The Morgan fingerprint density at radius 3 is 2.06 bits per heavy atom. The third-order valence-electron chi connectivity index (χ3n) is 6.18. The molecule has 3 aromatic carbocycles. The Balaban J connectivity index is 1.57. The zero-order valence-electron chi connectivity index (χ0n) is 16.3. The molecule has 3 amide bonds. The minimum atomic E-state index is -1.49. The van der Waals surface area contributed by atoms with Crippen LogP contribution in [0.15, 0.2) is 84.9 Å². The number of fused-ring (bicyclic) bond motifs is 4. The number of nitrogens with zero attached hydrogens (tertiary/aromatic N) is 2. The van der Waals surface area contributed by atoms with E-state index in [1.165, 1.54) is 5.06 Å². The van der Waals surface area contributed by atoms with E-state index >= 15 is 0 Å². The minimum Gasteiger partial charge on any atom is -0.323 e. The summed E-state index contributed by atoms with van der Waals surface area (Å²) in [4.78, 5) is 47.9. The summed E-state index contributed by atoms with van der Waals surface area (Å²) < 4.78 is 0. The van der Waals surface area contributed by atoms with Crippen molar-refractivity contribution < 1.29 is 19.2 Å². The van der Waals surface area contributed by atoms with E-state index in [1.54, 1.807) is 48.5 Å². The van der Waals surface area contributed by atoms with E-state index in [9.17, 15) is 14.4 Å². The molecule has 1 N–H and O–H groups in total. The van der Waals surface area contributed by atoms with Crippen LogP contribution in [0.4, 0.5) is 17.1 Å². The zero-order chi connectivity index (χ0) is 21.2. The molecule has 0 unspecified atom stereocenters. The number of amides is 3. The largest absolute Gasteiger partial charge is 0.323 e. The van der Waals surface area contributed by atoms with Gasteiger partial charge in [0, 0.05) is 11.3 Å². The van der Waals surface area contributed by atoms with E-state index in [0.29, 0.717) is 22.6 Å². The Hall–Kier alpha value is -3.97. The fraction of sp³-hybridized carbons (Fsp3) is 0.125. The Kier molecular flexibility index (Phi) is 3.61. The highest BCUT2D eigenvalue weighted by Gasteiger charge is 2.73. The van der Waals surface area contributed by atoms with Crippen LogP contribution in [-0.2, 0) is 24.8 Å². The normalized spacial score (nSPS) is 26.4. The first kappa shape index (κ1) is 17.9. The third kappa shape index (κ3) is 2.18. The second kappa shape index (κ2) is 6.26. The number of nitrogens with one attached hydrogen (secondary N) is 1. The fourth-order valence-electron chi connectivity index (χ4n) is 4.91. The van der Waals surface area contributed by atoms with Gasteiger partial charge in [-0.2, -0.15) is 0 Å². The van der Waals surface area contributed by atoms with Gasteiger partial charge in [0.2, 0.25) is 5.91 Å². The van der Waals surface area contributed by atoms with Crippen LogP contribution in [0, 0.1) is 5.92 Å². The molecular formula is C24H17N3O4. The standard InChI is InChI=1S/C24H17N3O4/c28-21-19-20(22(29)26(21)15-9-3-1-4-10-15)31-27(16-11-5-2-6-12-16)24(19)17-13-7-8-14-18(17)25-23(24)30/h1-14,19-20H,(H,25,30)/t19-,20+,24-/m1/s1. The molecule has 31 heavy (non-hydrogen) atoms. The lowest BCUT2D eigenvalue weighted by Crippen LogP contribution is -2.53. The van der Waals surface area contributed by atoms with Crippen LogP contribution >= 0.6 is 0 Å². The molecule has 3 aromatic rings. The predicted molar refractivity (Wildman–Crippen MR) is 113 cm³/mol. The lowest BCUT2D eigenvalue weighted by molar-refractivity contribution is -0.130. The molecule has 1 spiro atoms. The van der Waals surface area contributed by atoms with E-state index in [4.69, 9.17) is 4.84 Å². The number of carbonyl (C=O) groups excluding carboxylic acids is 3. The minimum absolute atomic E-state index is 0.388. The van der Waals surface area contributed by atoms with Gasteiger partial charge in [0.25, 0.3) is 11.8 Å². The number of rotatable bonds is 2. The first-order valence-corrected chi connectivity index (χ1v) is 10.00. The summed E-state index contributed by atoms with van der Waals surface area (Å²) in [5.41, 5.74) is 0.793. The van der Waals surface area contributed by atoms with Crippen molar-refractivity contribution in [3.8, 4) is 0 Å². The third-order valence-corrected chi connectivity index (χ3v) is 6.18. The Morgan fingerprint density at radius 1 is 0.742 bits per heavy atom. The summed E-state index contributed by atoms with van der Waals surface area (Å²) in [6.45, 7) is 0. The molecule has 152 valence electrons. The van der Waals surface area contributed by atoms with Gasteiger partial charge in [-0.25, -0.2) is 9.96 Å². The average molecular weight is 411 g/mol. The van der Waals surface area contributed by atoms with Gasteiger partial charge < -0.3 is 5.32 Å². The molecule has 6 rings (SSSR count). The zero-order valence-corrected chi connectivity index (χ0v) is 16.3. The summed E-state index contributed by atoms with van der Waals surface area (Å²) >= 11 is 0. The summed E-state index contributed by atoms with van der Waals surface area (Å²) in [5, 5.41) is 4.34. The lowest BCUT2D eigenvalue weighted by atomic mass is 9.77. The van der Waals surface area contributed by atoms with Crippen molar-refractivity contribution in [1.82, 2.24) is 0 Å². The maximum atomic E-state index is 13.7. The van der Waals surface area contributed by atoms with Crippen molar-refractivity contribution in [3.05, 3.63) is 90.5 Å². The molecule has 3 aliphatic heterocycles. The molecule has 3 atom stereocenters. The molecule has 3 heterocycles. The summed E-state index contributed by atoms with van der Waals surface area (Å²) in [7, 11) is 0. The van der Waals surface area contributed by atoms with Crippen molar-refractivity contribution in [2.75, 3.05) is 15.3 Å². The molecule has 2 saturated heterocycles. The lowest BCUT2D eigenvalue weighted by Gasteiger charge is -2.35. The van der Waals surface area contributed by atoms with Gasteiger partial charge in [-0.3, -0.25) is 19.2 Å². The maximum absolute atomic E-state index is 13.7. The fourth-order valence-corrected chi connectivity index (χ4v) is 4.91. The molecule has 0 radical (unpaired) electrons. The van der Waals surface area contributed by atoms with Crippen LogP contribution in [-0.4, -0.2) is 23.8 Å². The number of hydrogen-bond acceptors (Lipinski definition) is 5. The Morgan fingerprint density at radius 2 is 1.35 bits per heavy atom. The molecule has 7 heteroatoms. The molecular weight excluding hydrogens is 394 g/mol. The van der Waals surface area contributed by atoms with E-state index in [-0.39, 0.29) is 5.91 Å². The highest BCUT2D eigenvalue weighted by atomic mass is 16.7. The number of hydroxylamine groups is 1. The topological polar surface area (TPSA) is 79.0 Å². The van der Waals surface area contributed by atoms with E-state index in [0.717, 1.165) is 4.90 Å². The molecule has 0 bridgehead atoms. The van der Waals surface area contributed by atoms with Gasteiger partial charge in [0.05, 0.1) is 11.4 Å². The van der Waals surface area contributed by atoms with Crippen molar-refractivity contribution in [2.45, 2.75) is 11.6 Å². The van der Waals surface area contributed by atoms with Gasteiger partial charge in [-0.05, 0) is 30.3 Å². The van der Waals surface area contributed by atoms with Crippen molar-refractivity contribution in [1.29, 1.82) is 0 Å². The SMILES string of the molecule is O=C1[C@H]2ON(c3ccccc3)[C@@]3(C(=O)Nc4ccccc43)[C@H]2C(=O)N1c1ccccc1. The van der Waals surface area contributed by atoms with Crippen molar-refractivity contribution in [3.63, 3.8) is 0 Å². The number of hydrogen-bond donors (Lipinski definition) is 1. The molecule has 3 aliphatic rings. The van der Waals surface area contributed by atoms with Crippen LogP contribution in [0.1, 0.15) is 5.56 Å². The van der Waals surface area contributed by atoms with E-state index in [2.05, 4.69) is 5.32 Å². The number of para-hydroxylation sites is 3. The molecule has 7 nitrogen and oxygen atoms in total. The Labute approximate surface area is 177 Å².